The molecule has 3 aromatic rings. The van der Waals surface area contributed by atoms with Gasteiger partial charge in [0, 0.05) is 24.3 Å². The molecule has 2 saturated heterocycles. The van der Waals surface area contributed by atoms with Crippen LogP contribution in [0.4, 0.5) is 16.2 Å². The highest BCUT2D eigenvalue weighted by molar-refractivity contribution is 5.96. The Bertz CT molecular complexity index is 1110. The van der Waals surface area contributed by atoms with Crippen LogP contribution in [0.1, 0.15) is 12.8 Å². The fourth-order valence-corrected chi connectivity index (χ4v) is 4.77. The van der Waals surface area contributed by atoms with E-state index >= 15 is 0 Å². The second kappa shape index (κ2) is 8.38. The molecule has 0 unspecified atom stereocenters. The summed E-state index contributed by atoms with van der Waals surface area (Å²) < 4.78 is 0. The van der Waals surface area contributed by atoms with Crippen molar-refractivity contribution < 1.29 is 9.59 Å². The summed E-state index contributed by atoms with van der Waals surface area (Å²) in [6, 6.07) is 27.7. The Morgan fingerprint density at radius 2 is 1.47 bits per heavy atom. The molecule has 3 amide bonds. The first-order chi connectivity index (χ1) is 15.7. The van der Waals surface area contributed by atoms with Gasteiger partial charge in [-0.3, -0.25) is 4.79 Å². The van der Waals surface area contributed by atoms with Gasteiger partial charge in [0.25, 0.3) is 0 Å². The number of carbonyl (C=O) groups is 2. The number of hydrogen-bond donors (Lipinski definition) is 2. The third-order valence-electron chi connectivity index (χ3n) is 6.54. The van der Waals surface area contributed by atoms with Crippen LogP contribution in [0.15, 0.2) is 84.9 Å². The topological polar surface area (TPSA) is 64.7 Å². The van der Waals surface area contributed by atoms with Gasteiger partial charge in [-0.05, 0) is 36.6 Å². The van der Waals surface area contributed by atoms with Crippen molar-refractivity contribution in [1.82, 2.24) is 10.2 Å². The number of likely N-dealkylation sites (tertiary alicyclic amines) is 1. The maximum atomic E-state index is 13.1. The SMILES string of the molecule is O=C(Nc1ccccc1-c1ccccc1)N1CCC2(CC1)C(=O)NCN2c1ccccc1. The molecule has 6 nitrogen and oxygen atoms in total. The van der Waals surface area contributed by atoms with Crippen molar-refractivity contribution in [2.45, 2.75) is 18.4 Å². The number of hydrogen-bond acceptors (Lipinski definition) is 3. The summed E-state index contributed by atoms with van der Waals surface area (Å²) in [5, 5.41) is 6.09. The van der Waals surface area contributed by atoms with Gasteiger partial charge in [0.2, 0.25) is 5.91 Å². The maximum Gasteiger partial charge on any atom is 0.321 e. The Kier molecular flexibility index (Phi) is 5.27. The van der Waals surface area contributed by atoms with Gasteiger partial charge in [0.1, 0.15) is 5.54 Å². The zero-order valence-electron chi connectivity index (χ0n) is 17.8. The fourth-order valence-electron chi connectivity index (χ4n) is 4.77. The van der Waals surface area contributed by atoms with E-state index in [1.165, 1.54) is 0 Å². The summed E-state index contributed by atoms with van der Waals surface area (Å²) in [5.74, 6) is 0.0517. The molecular formula is C26H26N4O2. The van der Waals surface area contributed by atoms with Crippen molar-refractivity contribution in [3.63, 3.8) is 0 Å². The first kappa shape index (κ1) is 20.1. The quantitative estimate of drug-likeness (QED) is 0.656. The summed E-state index contributed by atoms with van der Waals surface area (Å²) in [6.45, 7) is 1.55. The Labute approximate surface area is 187 Å². The summed E-state index contributed by atoms with van der Waals surface area (Å²) in [4.78, 5) is 29.9. The lowest BCUT2D eigenvalue weighted by Gasteiger charge is -2.43. The van der Waals surface area contributed by atoms with Gasteiger partial charge in [-0.25, -0.2) is 4.79 Å². The summed E-state index contributed by atoms with van der Waals surface area (Å²) in [7, 11) is 0. The molecule has 0 atom stereocenters. The Hall–Kier alpha value is -3.80. The molecule has 6 heteroatoms. The van der Waals surface area contributed by atoms with Crippen LogP contribution in [0, 0.1) is 0 Å². The molecule has 2 fully saturated rings. The number of amides is 3. The Morgan fingerprint density at radius 3 is 2.19 bits per heavy atom. The smallest absolute Gasteiger partial charge is 0.321 e. The van der Waals surface area contributed by atoms with Gasteiger partial charge in [-0.2, -0.15) is 0 Å². The number of benzene rings is 3. The molecule has 1 spiro atoms. The summed E-state index contributed by atoms with van der Waals surface area (Å²) >= 11 is 0. The molecule has 2 heterocycles. The van der Waals surface area contributed by atoms with Crippen molar-refractivity contribution in [2.75, 3.05) is 30.0 Å². The van der Waals surface area contributed by atoms with Crippen LogP contribution in [0.5, 0.6) is 0 Å². The van der Waals surface area contributed by atoms with Gasteiger partial charge in [-0.1, -0.05) is 66.7 Å². The van der Waals surface area contributed by atoms with Crippen LogP contribution in [-0.2, 0) is 4.79 Å². The number of rotatable bonds is 3. The van der Waals surface area contributed by atoms with E-state index < -0.39 is 5.54 Å². The van der Waals surface area contributed by atoms with E-state index in [1.807, 2.05) is 89.8 Å². The van der Waals surface area contributed by atoms with E-state index in [2.05, 4.69) is 15.5 Å². The molecule has 162 valence electrons. The van der Waals surface area contributed by atoms with E-state index in [0.717, 1.165) is 22.5 Å². The van der Waals surface area contributed by atoms with Gasteiger partial charge in [0.15, 0.2) is 0 Å². The van der Waals surface area contributed by atoms with Crippen molar-refractivity contribution in [3.8, 4) is 11.1 Å². The first-order valence-corrected chi connectivity index (χ1v) is 11.0. The molecular weight excluding hydrogens is 400 g/mol. The number of nitrogens with zero attached hydrogens (tertiary/aromatic N) is 2. The third kappa shape index (κ3) is 3.58. The molecule has 5 rings (SSSR count). The summed E-state index contributed by atoms with van der Waals surface area (Å²) in [6.07, 6.45) is 1.20. The van der Waals surface area contributed by atoms with Gasteiger partial charge < -0.3 is 20.4 Å². The molecule has 2 N–H and O–H groups in total. The van der Waals surface area contributed by atoms with E-state index in [0.29, 0.717) is 32.6 Å². The number of piperidine rings is 1. The molecule has 2 aliphatic rings. The van der Waals surface area contributed by atoms with Crippen molar-refractivity contribution in [3.05, 3.63) is 84.9 Å². The van der Waals surface area contributed by atoms with E-state index in [9.17, 15) is 9.59 Å². The van der Waals surface area contributed by atoms with Crippen molar-refractivity contribution in [2.24, 2.45) is 0 Å². The molecule has 0 aromatic heterocycles. The highest BCUT2D eigenvalue weighted by Crippen LogP contribution is 2.36. The highest BCUT2D eigenvalue weighted by Gasteiger charge is 2.50. The zero-order valence-corrected chi connectivity index (χ0v) is 17.8. The van der Waals surface area contributed by atoms with Gasteiger partial charge in [0.05, 0.1) is 12.4 Å². The molecule has 2 aliphatic heterocycles. The fraction of sp³-hybridized carbons (Fsp3) is 0.231. The number of nitrogens with one attached hydrogen (secondary N) is 2. The van der Waals surface area contributed by atoms with Crippen molar-refractivity contribution in [1.29, 1.82) is 0 Å². The Morgan fingerprint density at radius 1 is 0.844 bits per heavy atom. The van der Waals surface area contributed by atoms with Crippen LogP contribution in [0.2, 0.25) is 0 Å². The van der Waals surface area contributed by atoms with Gasteiger partial charge >= 0.3 is 6.03 Å². The van der Waals surface area contributed by atoms with E-state index in [4.69, 9.17) is 0 Å². The number of anilines is 2. The lowest BCUT2D eigenvalue weighted by Crippen LogP contribution is -2.57. The minimum atomic E-state index is -0.597. The minimum Gasteiger partial charge on any atom is -0.339 e. The van der Waals surface area contributed by atoms with Crippen LogP contribution in [0.3, 0.4) is 0 Å². The van der Waals surface area contributed by atoms with Crippen LogP contribution in [0.25, 0.3) is 11.1 Å². The molecule has 0 radical (unpaired) electrons. The highest BCUT2D eigenvalue weighted by atomic mass is 16.2. The first-order valence-electron chi connectivity index (χ1n) is 11.0. The maximum absolute atomic E-state index is 13.1. The largest absolute Gasteiger partial charge is 0.339 e. The monoisotopic (exact) mass is 426 g/mol. The minimum absolute atomic E-state index is 0.0517. The molecule has 0 bridgehead atoms. The predicted octanol–water partition coefficient (Wildman–Crippen LogP) is 4.31. The second-order valence-electron chi connectivity index (χ2n) is 8.29. The van der Waals surface area contributed by atoms with Gasteiger partial charge in [-0.15, -0.1) is 0 Å². The van der Waals surface area contributed by atoms with Crippen molar-refractivity contribution >= 4 is 23.3 Å². The van der Waals surface area contributed by atoms with Crippen LogP contribution >= 0.6 is 0 Å². The van der Waals surface area contributed by atoms with Crippen LogP contribution in [-0.4, -0.2) is 42.1 Å². The second-order valence-corrected chi connectivity index (χ2v) is 8.29. The number of carbonyl (C=O) groups excluding carboxylic acids is 2. The molecule has 3 aromatic carbocycles. The molecule has 32 heavy (non-hydrogen) atoms. The molecule has 0 saturated carbocycles. The standard InChI is InChI=1S/C26H26N4O2/c31-24-26(30(19-27-24)21-11-5-2-6-12-21)15-17-29(18-16-26)25(32)28-23-14-8-7-13-22(23)20-9-3-1-4-10-20/h1-14H,15-19H2,(H,27,31)(H,28,32). The third-order valence-corrected chi connectivity index (χ3v) is 6.54. The van der Waals surface area contributed by atoms with E-state index in [-0.39, 0.29) is 11.9 Å². The summed E-state index contributed by atoms with van der Waals surface area (Å²) in [5.41, 5.74) is 3.26. The molecule has 0 aliphatic carbocycles. The predicted molar refractivity (Wildman–Crippen MR) is 126 cm³/mol. The van der Waals surface area contributed by atoms with Crippen LogP contribution < -0.4 is 15.5 Å². The number of para-hydroxylation sites is 2. The number of urea groups is 1. The van der Waals surface area contributed by atoms with E-state index in [1.54, 1.807) is 0 Å². The zero-order chi connectivity index (χ0) is 22.0. The average molecular weight is 427 g/mol. The lowest BCUT2D eigenvalue weighted by molar-refractivity contribution is -0.124. The normalized spacial score (nSPS) is 17.3. The Balaban J connectivity index is 1.30. The average Bonchev–Trinajstić information content (AvgIpc) is 3.16. The lowest BCUT2D eigenvalue weighted by atomic mass is 9.85.